The Bertz CT molecular complexity index is 1420. The molecule has 0 radical (unpaired) electrons. The predicted octanol–water partition coefficient (Wildman–Crippen LogP) is 5.23. The number of fused-ring (bicyclic) bond motifs is 1. The molecule has 1 fully saturated rings. The van der Waals surface area contributed by atoms with Crippen molar-refractivity contribution in [3.05, 3.63) is 69.2 Å². The fraction of sp³-hybridized carbons (Fsp3) is 0.393. The van der Waals surface area contributed by atoms with Gasteiger partial charge in [-0.1, -0.05) is 29.8 Å². The van der Waals surface area contributed by atoms with Gasteiger partial charge in [-0.3, -0.25) is 9.59 Å². The standard InChI is InChI=1S/C28H33ClN4O4/c1-6-7-10-33-17-22(21-15-18(2)30-24(21)26(33)35)19-8-9-20(23(29)16-19)25(34)31-11-13-32(14-12-31)27(36)37-28(3,4)5/h6-9,15-17,30H,10-14H2,1-5H3. The minimum Gasteiger partial charge on any atom is -0.444 e. The van der Waals surface area contributed by atoms with Crippen LogP contribution in [0.5, 0.6) is 0 Å². The highest BCUT2D eigenvalue weighted by Crippen LogP contribution is 2.31. The maximum absolute atomic E-state index is 13.3. The minimum absolute atomic E-state index is 0.0895. The van der Waals surface area contributed by atoms with Crippen molar-refractivity contribution in [2.24, 2.45) is 0 Å². The van der Waals surface area contributed by atoms with E-state index in [1.54, 1.807) is 26.5 Å². The fourth-order valence-electron chi connectivity index (χ4n) is 4.43. The number of hydrogen-bond acceptors (Lipinski definition) is 4. The molecule has 3 heterocycles. The quantitative estimate of drug-likeness (QED) is 0.473. The van der Waals surface area contributed by atoms with Crippen LogP contribution in [0.1, 0.15) is 43.7 Å². The summed E-state index contributed by atoms with van der Waals surface area (Å²) in [5.74, 6) is -0.180. The Balaban J connectivity index is 1.57. The van der Waals surface area contributed by atoms with Crippen molar-refractivity contribution >= 4 is 34.5 Å². The Labute approximate surface area is 221 Å². The Morgan fingerprint density at radius 3 is 2.41 bits per heavy atom. The molecule has 1 saturated heterocycles. The van der Waals surface area contributed by atoms with Crippen molar-refractivity contribution in [3.8, 4) is 11.1 Å². The summed E-state index contributed by atoms with van der Waals surface area (Å²) in [4.78, 5) is 45.0. The van der Waals surface area contributed by atoms with Gasteiger partial charge >= 0.3 is 6.09 Å². The summed E-state index contributed by atoms with van der Waals surface area (Å²) in [6.07, 6.45) is 5.29. The number of pyridine rings is 1. The van der Waals surface area contributed by atoms with Gasteiger partial charge in [-0.05, 0) is 58.4 Å². The van der Waals surface area contributed by atoms with Gasteiger partial charge in [-0.2, -0.15) is 0 Å². The maximum Gasteiger partial charge on any atom is 0.410 e. The van der Waals surface area contributed by atoms with E-state index in [2.05, 4.69) is 4.98 Å². The lowest BCUT2D eigenvalue weighted by atomic mass is 10.0. The molecule has 1 aliphatic rings. The molecule has 4 rings (SSSR count). The molecule has 0 spiro atoms. The highest BCUT2D eigenvalue weighted by molar-refractivity contribution is 6.34. The molecule has 0 atom stereocenters. The number of carbonyl (C=O) groups is 2. The largest absolute Gasteiger partial charge is 0.444 e. The molecule has 0 unspecified atom stereocenters. The van der Waals surface area contributed by atoms with Crippen LogP contribution >= 0.6 is 11.6 Å². The smallest absolute Gasteiger partial charge is 0.410 e. The average molecular weight is 525 g/mol. The molecule has 8 nitrogen and oxygen atoms in total. The summed E-state index contributed by atoms with van der Waals surface area (Å²) in [5.41, 5.74) is 2.85. The number of rotatable bonds is 4. The number of aryl methyl sites for hydroxylation is 1. The van der Waals surface area contributed by atoms with Gasteiger partial charge in [0.2, 0.25) is 0 Å². The van der Waals surface area contributed by atoms with Gasteiger partial charge in [-0.15, -0.1) is 0 Å². The SMILES string of the molecule is CC=CCn1cc(-c2ccc(C(=O)N3CCN(C(=O)OC(C)(C)C)CC3)c(Cl)c2)c2cc(C)[nH]c2c1=O. The van der Waals surface area contributed by atoms with Gasteiger partial charge in [0.25, 0.3) is 11.5 Å². The third-order valence-electron chi connectivity index (χ3n) is 6.27. The lowest BCUT2D eigenvalue weighted by Crippen LogP contribution is -2.51. The summed E-state index contributed by atoms with van der Waals surface area (Å²) < 4.78 is 7.09. The van der Waals surface area contributed by atoms with E-state index in [0.717, 1.165) is 22.2 Å². The monoisotopic (exact) mass is 524 g/mol. The van der Waals surface area contributed by atoms with Crippen molar-refractivity contribution in [3.63, 3.8) is 0 Å². The van der Waals surface area contributed by atoms with Gasteiger partial charge in [0.15, 0.2) is 0 Å². The van der Waals surface area contributed by atoms with Crippen molar-refractivity contribution in [1.82, 2.24) is 19.4 Å². The number of H-pyrrole nitrogens is 1. The number of amides is 2. The molecular formula is C28H33ClN4O4. The molecule has 2 aromatic heterocycles. The maximum atomic E-state index is 13.3. The van der Waals surface area contributed by atoms with Crippen LogP contribution in [0.15, 0.2) is 47.4 Å². The van der Waals surface area contributed by atoms with Crippen LogP contribution in [0.3, 0.4) is 0 Å². The first-order chi connectivity index (χ1) is 17.5. The van der Waals surface area contributed by atoms with E-state index in [-0.39, 0.29) is 17.6 Å². The third-order valence-corrected chi connectivity index (χ3v) is 6.58. The number of nitrogens with zero attached hydrogens (tertiary/aromatic N) is 3. The zero-order valence-electron chi connectivity index (χ0n) is 21.9. The Hall–Kier alpha value is -3.52. The van der Waals surface area contributed by atoms with E-state index in [4.69, 9.17) is 16.3 Å². The van der Waals surface area contributed by atoms with Crippen LogP contribution in [0.4, 0.5) is 4.79 Å². The van der Waals surface area contributed by atoms with E-state index < -0.39 is 5.60 Å². The molecule has 2 amide bonds. The number of hydrogen-bond donors (Lipinski definition) is 1. The van der Waals surface area contributed by atoms with Crippen LogP contribution in [0.2, 0.25) is 5.02 Å². The van der Waals surface area contributed by atoms with Crippen LogP contribution in [-0.4, -0.2) is 63.1 Å². The summed E-state index contributed by atoms with van der Waals surface area (Å²) in [7, 11) is 0. The third kappa shape index (κ3) is 5.74. The summed E-state index contributed by atoms with van der Waals surface area (Å²) in [5, 5.41) is 1.15. The number of halogens is 1. The number of aromatic nitrogens is 2. The lowest BCUT2D eigenvalue weighted by molar-refractivity contribution is 0.0141. The van der Waals surface area contributed by atoms with Gasteiger partial charge < -0.3 is 24.1 Å². The molecule has 0 saturated carbocycles. The van der Waals surface area contributed by atoms with Crippen molar-refractivity contribution in [2.75, 3.05) is 26.2 Å². The molecule has 37 heavy (non-hydrogen) atoms. The molecular weight excluding hydrogens is 492 g/mol. The van der Waals surface area contributed by atoms with Gasteiger partial charge in [0, 0.05) is 55.6 Å². The first kappa shape index (κ1) is 26.5. The highest BCUT2D eigenvalue weighted by atomic mass is 35.5. The first-order valence-electron chi connectivity index (χ1n) is 12.4. The molecule has 3 aromatic rings. The number of piperazine rings is 1. The molecule has 196 valence electrons. The zero-order valence-corrected chi connectivity index (χ0v) is 22.7. The number of aromatic amines is 1. The number of ether oxygens (including phenoxy) is 1. The number of benzene rings is 1. The fourth-order valence-corrected chi connectivity index (χ4v) is 4.69. The van der Waals surface area contributed by atoms with E-state index in [1.807, 2.05) is 65.1 Å². The van der Waals surface area contributed by atoms with Crippen molar-refractivity contribution in [2.45, 2.75) is 46.8 Å². The highest BCUT2D eigenvalue weighted by Gasteiger charge is 2.29. The van der Waals surface area contributed by atoms with Crippen LogP contribution in [0.25, 0.3) is 22.0 Å². The Morgan fingerprint density at radius 2 is 1.78 bits per heavy atom. The summed E-state index contributed by atoms with van der Waals surface area (Å²) in [6, 6.07) is 7.31. The summed E-state index contributed by atoms with van der Waals surface area (Å²) >= 11 is 6.64. The second kappa shape index (κ2) is 10.5. The van der Waals surface area contributed by atoms with Crippen molar-refractivity contribution < 1.29 is 14.3 Å². The van der Waals surface area contributed by atoms with Crippen molar-refractivity contribution in [1.29, 1.82) is 0 Å². The molecule has 0 aliphatic carbocycles. The molecule has 1 N–H and O–H groups in total. The predicted molar refractivity (Wildman–Crippen MR) is 146 cm³/mol. The lowest BCUT2D eigenvalue weighted by Gasteiger charge is -2.35. The second-order valence-electron chi connectivity index (χ2n) is 10.3. The van der Waals surface area contributed by atoms with Crippen LogP contribution in [0, 0.1) is 6.92 Å². The number of allylic oxidation sites excluding steroid dienone is 2. The number of carbonyl (C=O) groups excluding carboxylic acids is 2. The van der Waals surface area contributed by atoms with Gasteiger partial charge in [0.05, 0.1) is 10.6 Å². The van der Waals surface area contributed by atoms with E-state index in [1.165, 1.54) is 0 Å². The normalized spacial score (nSPS) is 14.5. The number of nitrogens with one attached hydrogen (secondary N) is 1. The van der Waals surface area contributed by atoms with Gasteiger partial charge in [-0.25, -0.2) is 4.79 Å². The van der Waals surface area contributed by atoms with E-state index >= 15 is 0 Å². The molecule has 9 heteroatoms. The Kier molecular flexibility index (Phi) is 7.50. The van der Waals surface area contributed by atoms with E-state index in [9.17, 15) is 14.4 Å². The van der Waals surface area contributed by atoms with Crippen LogP contribution < -0.4 is 5.56 Å². The van der Waals surface area contributed by atoms with E-state index in [0.29, 0.717) is 48.8 Å². The van der Waals surface area contributed by atoms with Gasteiger partial charge in [0.1, 0.15) is 11.1 Å². The minimum atomic E-state index is -0.566. The van der Waals surface area contributed by atoms with Crippen LogP contribution in [-0.2, 0) is 11.3 Å². The molecule has 1 aliphatic heterocycles. The molecule has 1 aromatic carbocycles. The Morgan fingerprint density at radius 1 is 1.11 bits per heavy atom. The second-order valence-corrected chi connectivity index (χ2v) is 10.7. The zero-order chi connectivity index (χ0) is 26.9. The topological polar surface area (TPSA) is 87.6 Å². The summed E-state index contributed by atoms with van der Waals surface area (Å²) in [6.45, 7) is 11.4. The first-order valence-corrected chi connectivity index (χ1v) is 12.8. The average Bonchev–Trinajstić information content (AvgIpc) is 3.24. The molecule has 0 bridgehead atoms.